The predicted octanol–water partition coefficient (Wildman–Crippen LogP) is 3.47. The summed E-state index contributed by atoms with van der Waals surface area (Å²) in [6.07, 6.45) is 3.40. The zero-order valence-corrected chi connectivity index (χ0v) is 17.0. The van der Waals surface area contributed by atoms with E-state index in [0.29, 0.717) is 26.2 Å². The van der Waals surface area contributed by atoms with Crippen molar-refractivity contribution >= 4 is 6.03 Å². The smallest absolute Gasteiger partial charge is 0.317 e. The second-order valence-corrected chi connectivity index (χ2v) is 7.54. The molecular formula is C23H27N3O3. The molecule has 1 N–H and O–H groups in total. The first-order chi connectivity index (χ1) is 14.1. The maximum absolute atomic E-state index is 12.4. The molecule has 6 nitrogen and oxygen atoms in total. The van der Waals surface area contributed by atoms with Gasteiger partial charge in [-0.2, -0.15) is 0 Å². The molecular weight excluding hydrogens is 366 g/mol. The lowest BCUT2D eigenvalue weighted by Crippen LogP contribution is -2.43. The van der Waals surface area contributed by atoms with Crippen LogP contribution >= 0.6 is 0 Å². The molecule has 0 saturated carbocycles. The van der Waals surface area contributed by atoms with E-state index in [1.165, 1.54) is 11.1 Å². The van der Waals surface area contributed by atoms with Crippen molar-refractivity contribution in [3.63, 3.8) is 0 Å². The minimum Gasteiger partial charge on any atom is -0.497 e. The molecule has 1 aromatic carbocycles. The van der Waals surface area contributed by atoms with Gasteiger partial charge in [0.1, 0.15) is 5.75 Å². The Bertz CT molecular complexity index is 924. The molecule has 2 aromatic rings. The molecule has 0 bridgehead atoms. The third kappa shape index (κ3) is 3.85. The van der Waals surface area contributed by atoms with Crippen LogP contribution in [-0.2, 0) is 30.7 Å². The fourth-order valence-corrected chi connectivity index (χ4v) is 4.07. The lowest BCUT2D eigenvalue weighted by atomic mass is 9.88. The van der Waals surface area contributed by atoms with E-state index in [-0.39, 0.29) is 12.1 Å². The van der Waals surface area contributed by atoms with Gasteiger partial charge >= 0.3 is 6.03 Å². The SMILES string of the molecule is C=CCNC(=O)N1CCc2nc(-c3ccc(OC)cc3)c3c(c2C1)CO[C@@H](C)C3. The molecule has 2 aliphatic rings. The molecule has 0 saturated heterocycles. The van der Waals surface area contributed by atoms with Crippen LogP contribution in [0.5, 0.6) is 5.75 Å². The van der Waals surface area contributed by atoms with E-state index in [1.807, 2.05) is 17.0 Å². The summed E-state index contributed by atoms with van der Waals surface area (Å²) in [6.45, 7) is 8.00. The Kier molecular flexibility index (Phi) is 5.53. The van der Waals surface area contributed by atoms with Crippen LogP contribution in [-0.4, -0.2) is 42.2 Å². The number of pyridine rings is 1. The largest absolute Gasteiger partial charge is 0.497 e. The van der Waals surface area contributed by atoms with Gasteiger partial charge in [0.15, 0.2) is 0 Å². The van der Waals surface area contributed by atoms with Gasteiger partial charge in [0.25, 0.3) is 0 Å². The number of carbonyl (C=O) groups excluding carboxylic acids is 1. The number of aromatic nitrogens is 1. The van der Waals surface area contributed by atoms with Crippen molar-refractivity contribution in [3.05, 3.63) is 59.3 Å². The number of methoxy groups -OCH3 is 1. The van der Waals surface area contributed by atoms with Crippen molar-refractivity contribution in [2.24, 2.45) is 0 Å². The van der Waals surface area contributed by atoms with Crippen LogP contribution in [0.1, 0.15) is 29.3 Å². The Balaban J connectivity index is 1.73. The maximum atomic E-state index is 12.4. The average molecular weight is 393 g/mol. The molecule has 0 spiro atoms. The Labute approximate surface area is 171 Å². The van der Waals surface area contributed by atoms with Gasteiger partial charge in [0.05, 0.1) is 25.5 Å². The van der Waals surface area contributed by atoms with Crippen LogP contribution in [0, 0.1) is 0 Å². The quantitative estimate of drug-likeness (QED) is 0.808. The lowest BCUT2D eigenvalue weighted by molar-refractivity contribution is 0.0399. The summed E-state index contributed by atoms with van der Waals surface area (Å²) in [7, 11) is 1.67. The number of fused-ring (bicyclic) bond motifs is 3. The van der Waals surface area contributed by atoms with Crippen molar-refractivity contribution < 1.29 is 14.3 Å². The monoisotopic (exact) mass is 393 g/mol. The molecule has 29 heavy (non-hydrogen) atoms. The van der Waals surface area contributed by atoms with Crippen LogP contribution < -0.4 is 10.1 Å². The summed E-state index contributed by atoms with van der Waals surface area (Å²) >= 11 is 0. The van der Waals surface area contributed by atoms with Crippen LogP contribution in [0.15, 0.2) is 36.9 Å². The van der Waals surface area contributed by atoms with Gasteiger partial charge in [-0.3, -0.25) is 4.98 Å². The third-order valence-electron chi connectivity index (χ3n) is 5.63. The van der Waals surface area contributed by atoms with Gasteiger partial charge in [-0.05, 0) is 47.9 Å². The lowest BCUT2D eigenvalue weighted by Gasteiger charge is -2.34. The highest BCUT2D eigenvalue weighted by molar-refractivity contribution is 5.75. The molecule has 0 aliphatic carbocycles. The van der Waals surface area contributed by atoms with E-state index < -0.39 is 0 Å². The Morgan fingerprint density at radius 2 is 2.14 bits per heavy atom. The number of rotatable bonds is 4. The molecule has 0 radical (unpaired) electrons. The maximum Gasteiger partial charge on any atom is 0.317 e. The molecule has 4 rings (SSSR count). The Morgan fingerprint density at radius 1 is 1.34 bits per heavy atom. The number of hydrogen-bond donors (Lipinski definition) is 1. The molecule has 0 fully saturated rings. The molecule has 3 heterocycles. The van der Waals surface area contributed by atoms with Crippen molar-refractivity contribution in [2.45, 2.75) is 39.0 Å². The summed E-state index contributed by atoms with van der Waals surface area (Å²) < 4.78 is 11.3. The number of carbonyl (C=O) groups is 1. The van der Waals surface area contributed by atoms with Crippen LogP contribution in [0.2, 0.25) is 0 Å². The first-order valence-corrected chi connectivity index (χ1v) is 10.0. The molecule has 152 valence electrons. The summed E-state index contributed by atoms with van der Waals surface area (Å²) in [4.78, 5) is 19.4. The second-order valence-electron chi connectivity index (χ2n) is 7.54. The predicted molar refractivity (Wildman–Crippen MR) is 112 cm³/mol. The van der Waals surface area contributed by atoms with Crippen molar-refractivity contribution in [3.8, 4) is 17.0 Å². The normalized spacial score (nSPS) is 17.9. The number of nitrogens with one attached hydrogen (secondary N) is 1. The highest BCUT2D eigenvalue weighted by Gasteiger charge is 2.30. The van der Waals surface area contributed by atoms with E-state index in [0.717, 1.165) is 41.1 Å². The summed E-state index contributed by atoms with van der Waals surface area (Å²) in [5, 5.41) is 2.87. The van der Waals surface area contributed by atoms with Gasteiger partial charge < -0.3 is 19.7 Å². The average Bonchev–Trinajstić information content (AvgIpc) is 2.76. The summed E-state index contributed by atoms with van der Waals surface area (Å²) in [5.41, 5.74) is 6.76. The summed E-state index contributed by atoms with van der Waals surface area (Å²) in [6, 6.07) is 8.00. The topological polar surface area (TPSA) is 63.7 Å². The standard InChI is InChI=1S/C23H27N3O3/c1-4-10-24-23(27)26-11-9-21-19(13-26)20-14-29-15(2)12-18(20)22(25-21)16-5-7-17(28-3)8-6-16/h4-8,15H,1,9-14H2,2-3H3,(H,24,27)/t15-/m0/s1. The number of benzene rings is 1. The van der Waals surface area contributed by atoms with Crippen LogP contribution in [0.4, 0.5) is 4.79 Å². The minimum atomic E-state index is -0.0615. The van der Waals surface area contributed by atoms with E-state index in [9.17, 15) is 4.79 Å². The zero-order chi connectivity index (χ0) is 20.4. The zero-order valence-electron chi connectivity index (χ0n) is 17.0. The molecule has 6 heteroatoms. The molecule has 2 amide bonds. The molecule has 2 aliphatic heterocycles. The Hall–Kier alpha value is -2.86. The fourth-order valence-electron chi connectivity index (χ4n) is 4.07. The van der Waals surface area contributed by atoms with Gasteiger partial charge in [-0.15, -0.1) is 6.58 Å². The van der Waals surface area contributed by atoms with Crippen LogP contribution in [0.3, 0.4) is 0 Å². The van der Waals surface area contributed by atoms with Gasteiger partial charge in [-0.25, -0.2) is 4.79 Å². The minimum absolute atomic E-state index is 0.0615. The molecule has 1 atom stereocenters. The van der Waals surface area contributed by atoms with Gasteiger partial charge in [0, 0.05) is 43.7 Å². The third-order valence-corrected chi connectivity index (χ3v) is 5.63. The molecule has 0 unspecified atom stereocenters. The van der Waals surface area contributed by atoms with E-state index in [2.05, 4.69) is 31.0 Å². The van der Waals surface area contributed by atoms with E-state index in [4.69, 9.17) is 14.5 Å². The highest BCUT2D eigenvalue weighted by Crippen LogP contribution is 2.36. The number of ether oxygens (including phenoxy) is 2. The van der Waals surface area contributed by atoms with Gasteiger partial charge in [-0.1, -0.05) is 6.08 Å². The first kappa shape index (κ1) is 19.5. The second kappa shape index (κ2) is 8.25. The summed E-state index contributed by atoms with van der Waals surface area (Å²) in [5.74, 6) is 0.832. The number of amides is 2. The molecule has 1 aromatic heterocycles. The van der Waals surface area contributed by atoms with Gasteiger partial charge in [0.2, 0.25) is 0 Å². The highest BCUT2D eigenvalue weighted by atomic mass is 16.5. The fraction of sp³-hybridized carbons (Fsp3) is 0.391. The van der Waals surface area contributed by atoms with Crippen molar-refractivity contribution in [2.75, 3.05) is 20.2 Å². The van der Waals surface area contributed by atoms with Crippen LogP contribution in [0.25, 0.3) is 11.3 Å². The Morgan fingerprint density at radius 3 is 2.86 bits per heavy atom. The number of hydrogen-bond acceptors (Lipinski definition) is 4. The van der Waals surface area contributed by atoms with Crippen molar-refractivity contribution in [1.82, 2.24) is 15.2 Å². The van der Waals surface area contributed by atoms with E-state index in [1.54, 1.807) is 13.2 Å². The number of nitrogens with zero attached hydrogens (tertiary/aromatic N) is 2. The first-order valence-electron chi connectivity index (χ1n) is 10.0. The van der Waals surface area contributed by atoms with E-state index >= 15 is 0 Å². The van der Waals surface area contributed by atoms with Crippen molar-refractivity contribution in [1.29, 1.82) is 0 Å². The number of urea groups is 1.